The van der Waals surface area contributed by atoms with Gasteiger partial charge in [0.1, 0.15) is 5.75 Å². The molecule has 6 N–H and O–H groups in total. The number of benzene rings is 1. The standard InChI is InChI=1S/C12H19NO5.C2H6O.C2H6/c1-8(14)17-12(11(15)16)18-10-4-2-9(3-5-10)6-7-13;1-2-3;1-2/h2-5,8,11-12,14-16H,6-7,13H2,1H3;3H,2H2,1H3;1-2H3. The van der Waals surface area contributed by atoms with Crippen molar-refractivity contribution >= 4 is 0 Å². The van der Waals surface area contributed by atoms with E-state index in [1.54, 1.807) is 19.1 Å². The van der Waals surface area contributed by atoms with Gasteiger partial charge in [-0.1, -0.05) is 26.0 Å². The Bertz CT molecular complexity index is 356. The van der Waals surface area contributed by atoms with Crippen LogP contribution < -0.4 is 10.5 Å². The lowest BCUT2D eigenvalue weighted by Gasteiger charge is -2.22. The summed E-state index contributed by atoms with van der Waals surface area (Å²) in [5, 5.41) is 34.7. The van der Waals surface area contributed by atoms with Crippen molar-refractivity contribution in [1.29, 1.82) is 0 Å². The zero-order valence-electron chi connectivity index (χ0n) is 14.3. The number of aliphatic hydroxyl groups is 4. The molecule has 1 rings (SSSR count). The van der Waals surface area contributed by atoms with Crippen molar-refractivity contribution in [3.8, 4) is 5.75 Å². The summed E-state index contributed by atoms with van der Waals surface area (Å²) < 4.78 is 10.0. The second-order valence-electron chi connectivity index (χ2n) is 4.13. The summed E-state index contributed by atoms with van der Waals surface area (Å²) in [6, 6.07) is 6.99. The predicted molar refractivity (Wildman–Crippen MR) is 88.7 cm³/mol. The van der Waals surface area contributed by atoms with Gasteiger partial charge in [-0.2, -0.15) is 0 Å². The van der Waals surface area contributed by atoms with Gasteiger partial charge in [0.15, 0.2) is 6.29 Å². The number of nitrogens with two attached hydrogens (primary N) is 1. The molecule has 1 aromatic rings. The molecular formula is C16H31NO6. The minimum absolute atomic E-state index is 0.250. The van der Waals surface area contributed by atoms with Gasteiger partial charge in [0.25, 0.3) is 6.29 Å². The molecule has 0 saturated heterocycles. The second kappa shape index (κ2) is 15.7. The highest BCUT2D eigenvalue weighted by molar-refractivity contribution is 5.27. The first kappa shape index (κ1) is 24.0. The van der Waals surface area contributed by atoms with E-state index in [1.165, 1.54) is 6.92 Å². The van der Waals surface area contributed by atoms with Crippen molar-refractivity contribution in [3.05, 3.63) is 29.8 Å². The molecule has 0 aliphatic rings. The molecule has 0 aliphatic heterocycles. The van der Waals surface area contributed by atoms with Gasteiger partial charge in [-0.05, 0) is 44.5 Å². The molecule has 0 amide bonds. The zero-order valence-corrected chi connectivity index (χ0v) is 14.3. The highest BCUT2D eigenvalue weighted by Gasteiger charge is 2.21. The van der Waals surface area contributed by atoms with Crippen LogP contribution in [0.1, 0.15) is 33.3 Å². The average Bonchev–Trinajstić information content (AvgIpc) is 2.51. The summed E-state index contributed by atoms with van der Waals surface area (Å²) >= 11 is 0. The minimum Gasteiger partial charge on any atom is -0.459 e. The van der Waals surface area contributed by atoms with E-state index in [0.717, 1.165) is 12.0 Å². The molecule has 0 spiro atoms. The molecule has 0 bridgehead atoms. The first-order chi connectivity index (χ1) is 10.9. The first-order valence-electron chi connectivity index (χ1n) is 7.70. The van der Waals surface area contributed by atoms with Crippen LogP contribution in [0.5, 0.6) is 5.75 Å². The average molecular weight is 333 g/mol. The van der Waals surface area contributed by atoms with Gasteiger partial charge in [0.05, 0.1) is 0 Å². The van der Waals surface area contributed by atoms with Gasteiger partial charge in [-0.15, -0.1) is 0 Å². The van der Waals surface area contributed by atoms with E-state index >= 15 is 0 Å². The molecule has 0 aliphatic carbocycles. The third kappa shape index (κ3) is 13.0. The van der Waals surface area contributed by atoms with Crippen molar-refractivity contribution in [2.24, 2.45) is 5.73 Å². The van der Waals surface area contributed by atoms with E-state index in [1.807, 2.05) is 26.0 Å². The number of ether oxygens (including phenoxy) is 2. The largest absolute Gasteiger partial charge is 0.459 e. The number of hydrogen-bond acceptors (Lipinski definition) is 7. The van der Waals surface area contributed by atoms with Crippen LogP contribution in [0.2, 0.25) is 0 Å². The molecule has 0 saturated carbocycles. The molecule has 23 heavy (non-hydrogen) atoms. The quantitative estimate of drug-likeness (QED) is 0.462. The van der Waals surface area contributed by atoms with Crippen LogP contribution in [-0.2, 0) is 11.2 Å². The lowest BCUT2D eigenvalue weighted by atomic mass is 10.1. The molecule has 0 heterocycles. The molecule has 7 nitrogen and oxygen atoms in total. The Morgan fingerprint density at radius 2 is 1.57 bits per heavy atom. The Morgan fingerprint density at radius 3 is 1.91 bits per heavy atom. The number of rotatable bonds is 7. The number of aliphatic hydroxyl groups excluding tert-OH is 3. The van der Waals surface area contributed by atoms with Crippen molar-refractivity contribution in [2.75, 3.05) is 13.2 Å². The highest BCUT2D eigenvalue weighted by Crippen LogP contribution is 2.16. The Morgan fingerprint density at radius 1 is 1.09 bits per heavy atom. The van der Waals surface area contributed by atoms with Crippen molar-refractivity contribution in [2.45, 2.75) is 53.0 Å². The third-order valence-corrected chi connectivity index (χ3v) is 2.18. The fourth-order valence-corrected chi connectivity index (χ4v) is 1.39. The topological polar surface area (TPSA) is 125 Å². The van der Waals surface area contributed by atoms with Gasteiger partial charge >= 0.3 is 0 Å². The van der Waals surface area contributed by atoms with E-state index in [0.29, 0.717) is 12.3 Å². The van der Waals surface area contributed by atoms with Crippen molar-refractivity contribution < 1.29 is 29.9 Å². The van der Waals surface area contributed by atoms with Gasteiger partial charge in [0.2, 0.25) is 6.29 Å². The number of hydrogen-bond donors (Lipinski definition) is 5. The van der Waals surface area contributed by atoms with Crippen LogP contribution in [0.4, 0.5) is 0 Å². The summed E-state index contributed by atoms with van der Waals surface area (Å²) in [6.45, 7) is 7.84. The SMILES string of the molecule is CC.CC(O)OC(Oc1ccc(CCN)cc1)C(O)O.CCO. The summed E-state index contributed by atoms with van der Waals surface area (Å²) in [5.74, 6) is 0.412. The van der Waals surface area contributed by atoms with Crippen LogP contribution in [0.25, 0.3) is 0 Å². The monoisotopic (exact) mass is 333 g/mol. The molecule has 0 aromatic heterocycles. The van der Waals surface area contributed by atoms with Crippen LogP contribution in [0.15, 0.2) is 24.3 Å². The fourth-order valence-electron chi connectivity index (χ4n) is 1.39. The van der Waals surface area contributed by atoms with Crippen molar-refractivity contribution in [3.63, 3.8) is 0 Å². The van der Waals surface area contributed by atoms with Crippen LogP contribution in [0.3, 0.4) is 0 Å². The molecular weight excluding hydrogens is 302 g/mol. The fraction of sp³-hybridized carbons (Fsp3) is 0.625. The highest BCUT2D eigenvalue weighted by atomic mass is 16.7. The maximum atomic E-state index is 9.04. The summed E-state index contributed by atoms with van der Waals surface area (Å²) in [6.07, 6.45) is -3.58. The van der Waals surface area contributed by atoms with Crippen LogP contribution in [-0.4, -0.2) is 52.4 Å². The molecule has 7 heteroatoms. The normalized spacial score (nSPS) is 12.4. The third-order valence-electron chi connectivity index (χ3n) is 2.18. The van der Waals surface area contributed by atoms with Crippen molar-refractivity contribution in [1.82, 2.24) is 0 Å². The van der Waals surface area contributed by atoms with Gasteiger partial charge in [-0.25, -0.2) is 0 Å². The van der Waals surface area contributed by atoms with Crippen LogP contribution in [0, 0.1) is 0 Å². The van der Waals surface area contributed by atoms with E-state index in [4.69, 9.17) is 35.6 Å². The molecule has 2 atom stereocenters. The summed E-state index contributed by atoms with van der Waals surface area (Å²) in [4.78, 5) is 0. The summed E-state index contributed by atoms with van der Waals surface area (Å²) in [5.41, 5.74) is 6.49. The molecule has 136 valence electrons. The Hall–Kier alpha value is -1.22. The second-order valence-corrected chi connectivity index (χ2v) is 4.13. The summed E-state index contributed by atoms with van der Waals surface area (Å²) in [7, 11) is 0. The lowest BCUT2D eigenvalue weighted by Crippen LogP contribution is -2.36. The minimum atomic E-state index is -1.84. The smallest absolute Gasteiger partial charge is 0.253 e. The zero-order chi connectivity index (χ0) is 18.3. The Labute approximate surface area is 138 Å². The van der Waals surface area contributed by atoms with Crippen LogP contribution >= 0.6 is 0 Å². The lowest BCUT2D eigenvalue weighted by molar-refractivity contribution is -0.267. The van der Waals surface area contributed by atoms with E-state index in [9.17, 15) is 0 Å². The maximum Gasteiger partial charge on any atom is 0.253 e. The maximum absolute atomic E-state index is 9.04. The van der Waals surface area contributed by atoms with Gasteiger partial charge < -0.3 is 35.6 Å². The van der Waals surface area contributed by atoms with Gasteiger partial charge in [0, 0.05) is 6.61 Å². The Kier molecular flexibility index (Phi) is 16.4. The Balaban J connectivity index is 0. The van der Waals surface area contributed by atoms with E-state index < -0.39 is 18.9 Å². The molecule has 2 unspecified atom stereocenters. The molecule has 0 radical (unpaired) electrons. The molecule has 0 fully saturated rings. The first-order valence-corrected chi connectivity index (χ1v) is 7.70. The van der Waals surface area contributed by atoms with Gasteiger partial charge in [-0.3, -0.25) is 0 Å². The van der Waals surface area contributed by atoms with E-state index in [2.05, 4.69) is 0 Å². The predicted octanol–water partition coefficient (Wildman–Crippen LogP) is 0.583. The molecule has 1 aromatic carbocycles. The van der Waals surface area contributed by atoms with E-state index in [-0.39, 0.29) is 6.61 Å².